The third kappa shape index (κ3) is 2.22. The van der Waals surface area contributed by atoms with E-state index >= 15 is 0 Å². The number of hydrogen-bond donors (Lipinski definition) is 1. The van der Waals surface area contributed by atoms with Gasteiger partial charge in [0.2, 0.25) is 0 Å². The van der Waals surface area contributed by atoms with Crippen LogP contribution in [-0.4, -0.2) is 25.7 Å². The lowest BCUT2D eigenvalue weighted by Gasteiger charge is -1.94. The molecule has 3 aromatic rings. The number of halogens is 1. The normalized spacial score (nSPS) is 10.8. The maximum absolute atomic E-state index is 10.9. The van der Waals surface area contributed by atoms with Gasteiger partial charge in [-0.3, -0.25) is 0 Å². The Bertz CT molecular complexity index is 765. The van der Waals surface area contributed by atoms with E-state index in [9.17, 15) is 4.79 Å². The van der Waals surface area contributed by atoms with E-state index in [1.54, 1.807) is 6.07 Å². The van der Waals surface area contributed by atoms with Crippen LogP contribution in [0.4, 0.5) is 0 Å². The second-order valence-electron chi connectivity index (χ2n) is 3.97. The predicted octanol–water partition coefficient (Wildman–Crippen LogP) is 2.86. The first-order chi connectivity index (χ1) is 9.13. The molecule has 2 heterocycles. The first kappa shape index (κ1) is 11.9. The summed E-state index contributed by atoms with van der Waals surface area (Å²) in [4.78, 5) is 15.2. The fourth-order valence-corrected chi connectivity index (χ4v) is 2.00. The molecule has 0 saturated heterocycles. The monoisotopic (exact) mass is 317 g/mol. The van der Waals surface area contributed by atoms with Crippen molar-refractivity contribution in [3.8, 4) is 11.4 Å². The summed E-state index contributed by atoms with van der Waals surface area (Å²) >= 11 is 3.37. The van der Waals surface area contributed by atoms with Crippen molar-refractivity contribution in [1.82, 2.24) is 14.6 Å². The minimum absolute atomic E-state index is 0.180. The number of carboxylic acids is 1. The average molecular weight is 318 g/mol. The number of carbonyl (C=O) groups is 1. The number of carboxylic acid groups (broad SMARTS) is 1. The highest BCUT2D eigenvalue weighted by Crippen LogP contribution is 2.19. The smallest absolute Gasteiger partial charge is 0.337 e. The van der Waals surface area contributed by atoms with Gasteiger partial charge in [-0.15, -0.1) is 5.10 Å². The zero-order valence-corrected chi connectivity index (χ0v) is 11.2. The molecule has 0 aliphatic carbocycles. The largest absolute Gasteiger partial charge is 0.478 e. The maximum Gasteiger partial charge on any atom is 0.337 e. The number of rotatable bonds is 2. The number of benzene rings is 1. The summed E-state index contributed by atoms with van der Waals surface area (Å²) in [5.74, 6) is -0.419. The molecule has 0 saturated carbocycles. The highest BCUT2D eigenvalue weighted by molar-refractivity contribution is 9.10. The highest BCUT2D eigenvalue weighted by atomic mass is 79.9. The SMILES string of the molecule is O=C(O)c1ccc2nc(-c3ccc(Br)cc3)nn2c1. The highest BCUT2D eigenvalue weighted by Gasteiger charge is 2.09. The molecule has 0 fully saturated rings. The van der Waals surface area contributed by atoms with Crippen LogP contribution >= 0.6 is 15.9 Å². The van der Waals surface area contributed by atoms with Gasteiger partial charge in [-0.05, 0) is 24.3 Å². The van der Waals surface area contributed by atoms with E-state index in [1.165, 1.54) is 16.8 Å². The lowest BCUT2D eigenvalue weighted by molar-refractivity contribution is 0.0696. The Labute approximate surface area is 116 Å². The molecule has 6 heteroatoms. The van der Waals surface area contributed by atoms with E-state index in [4.69, 9.17) is 5.11 Å². The van der Waals surface area contributed by atoms with E-state index in [0.29, 0.717) is 11.5 Å². The number of aromatic nitrogens is 3. The van der Waals surface area contributed by atoms with Gasteiger partial charge in [-0.2, -0.15) is 0 Å². The number of fused-ring (bicyclic) bond motifs is 1. The van der Waals surface area contributed by atoms with Crippen molar-refractivity contribution < 1.29 is 9.90 Å². The Kier molecular flexibility index (Phi) is 2.79. The van der Waals surface area contributed by atoms with Crippen molar-refractivity contribution in [3.05, 3.63) is 52.6 Å². The van der Waals surface area contributed by atoms with Crippen LogP contribution in [0.5, 0.6) is 0 Å². The zero-order valence-electron chi connectivity index (χ0n) is 9.62. The number of nitrogens with zero attached hydrogens (tertiary/aromatic N) is 3. The van der Waals surface area contributed by atoms with Gasteiger partial charge in [-0.1, -0.05) is 28.1 Å². The van der Waals surface area contributed by atoms with Gasteiger partial charge in [-0.25, -0.2) is 14.3 Å². The molecule has 0 spiro atoms. The third-order valence-electron chi connectivity index (χ3n) is 2.68. The molecule has 0 unspecified atom stereocenters. The molecule has 0 atom stereocenters. The summed E-state index contributed by atoms with van der Waals surface area (Å²) in [6.07, 6.45) is 1.45. The van der Waals surface area contributed by atoms with Crippen LogP contribution in [0.25, 0.3) is 17.0 Å². The Morgan fingerprint density at radius 1 is 1.16 bits per heavy atom. The molecule has 1 N–H and O–H groups in total. The summed E-state index contributed by atoms with van der Waals surface area (Å²) in [5.41, 5.74) is 1.67. The van der Waals surface area contributed by atoms with Gasteiger partial charge in [0.05, 0.1) is 5.56 Å². The molecule has 2 aromatic heterocycles. The molecule has 19 heavy (non-hydrogen) atoms. The quantitative estimate of drug-likeness (QED) is 0.789. The molecule has 0 radical (unpaired) electrons. The molecule has 0 amide bonds. The summed E-state index contributed by atoms with van der Waals surface area (Å²) < 4.78 is 2.45. The number of pyridine rings is 1. The van der Waals surface area contributed by atoms with Crippen LogP contribution in [0, 0.1) is 0 Å². The summed E-state index contributed by atoms with van der Waals surface area (Å²) in [5, 5.41) is 13.2. The van der Waals surface area contributed by atoms with E-state index in [1.807, 2.05) is 24.3 Å². The van der Waals surface area contributed by atoms with Gasteiger partial charge in [0, 0.05) is 16.2 Å². The van der Waals surface area contributed by atoms with Crippen molar-refractivity contribution in [3.63, 3.8) is 0 Å². The van der Waals surface area contributed by atoms with Gasteiger partial charge < -0.3 is 5.11 Å². The Morgan fingerprint density at radius 2 is 1.89 bits per heavy atom. The van der Waals surface area contributed by atoms with Crippen molar-refractivity contribution >= 4 is 27.5 Å². The molecule has 0 bridgehead atoms. The minimum atomic E-state index is -0.984. The van der Waals surface area contributed by atoms with Crippen molar-refractivity contribution in [2.75, 3.05) is 0 Å². The van der Waals surface area contributed by atoms with Crippen LogP contribution in [0.3, 0.4) is 0 Å². The fraction of sp³-hybridized carbons (Fsp3) is 0. The fourth-order valence-electron chi connectivity index (χ4n) is 1.73. The maximum atomic E-state index is 10.9. The van der Waals surface area contributed by atoms with Crippen LogP contribution in [-0.2, 0) is 0 Å². The molecular formula is C13H8BrN3O2. The Balaban J connectivity index is 2.11. The van der Waals surface area contributed by atoms with E-state index < -0.39 is 5.97 Å². The standard InChI is InChI=1S/C13H8BrN3O2/c14-10-4-1-8(2-5-10)12-15-11-6-3-9(13(18)19)7-17(11)16-12/h1-7H,(H,18,19). The van der Waals surface area contributed by atoms with Crippen LogP contribution in [0.2, 0.25) is 0 Å². The van der Waals surface area contributed by atoms with Crippen molar-refractivity contribution in [1.29, 1.82) is 0 Å². The van der Waals surface area contributed by atoms with Gasteiger partial charge in [0.15, 0.2) is 11.5 Å². The van der Waals surface area contributed by atoms with Gasteiger partial charge >= 0.3 is 5.97 Å². The second-order valence-corrected chi connectivity index (χ2v) is 4.88. The van der Waals surface area contributed by atoms with E-state index in [0.717, 1.165) is 10.0 Å². The summed E-state index contributed by atoms with van der Waals surface area (Å²) in [7, 11) is 0. The Hall–Kier alpha value is -2.21. The van der Waals surface area contributed by atoms with E-state index in [-0.39, 0.29) is 5.56 Å². The lowest BCUT2D eigenvalue weighted by Crippen LogP contribution is -1.99. The predicted molar refractivity (Wildman–Crippen MR) is 73.1 cm³/mol. The lowest BCUT2D eigenvalue weighted by atomic mass is 10.2. The van der Waals surface area contributed by atoms with Crippen LogP contribution in [0.1, 0.15) is 10.4 Å². The van der Waals surface area contributed by atoms with Crippen molar-refractivity contribution in [2.24, 2.45) is 0 Å². The van der Waals surface area contributed by atoms with Crippen molar-refractivity contribution in [2.45, 2.75) is 0 Å². The zero-order chi connectivity index (χ0) is 13.4. The summed E-state index contributed by atoms with van der Waals surface area (Å²) in [6, 6.07) is 10.8. The van der Waals surface area contributed by atoms with Crippen LogP contribution in [0.15, 0.2) is 47.1 Å². The first-order valence-corrected chi connectivity index (χ1v) is 6.28. The number of aromatic carboxylic acids is 1. The topological polar surface area (TPSA) is 67.5 Å². The molecule has 1 aromatic carbocycles. The van der Waals surface area contributed by atoms with Crippen LogP contribution < -0.4 is 0 Å². The molecule has 94 valence electrons. The average Bonchev–Trinajstić information content (AvgIpc) is 2.82. The first-order valence-electron chi connectivity index (χ1n) is 5.49. The Morgan fingerprint density at radius 3 is 2.58 bits per heavy atom. The minimum Gasteiger partial charge on any atom is -0.478 e. The molecule has 0 aliphatic heterocycles. The molecule has 0 aliphatic rings. The molecule has 5 nitrogen and oxygen atoms in total. The summed E-state index contributed by atoms with van der Waals surface area (Å²) in [6.45, 7) is 0. The van der Waals surface area contributed by atoms with Gasteiger partial charge in [0.1, 0.15) is 0 Å². The third-order valence-corrected chi connectivity index (χ3v) is 3.21. The van der Waals surface area contributed by atoms with E-state index in [2.05, 4.69) is 26.0 Å². The molecule has 3 rings (SSSR count). The molecular weight excluding hydrogens is 310 g/mol. The second kappa shape index (κ2) is 4.47. The number of hydrogen-bond acceptors (Lipinski definition) is 3. The van der Waals surface area contributed by atoms with Gasteiger partial charge in [0.25, 0.3) is 0 Å².